The fraction of sp³-hybridized carbons (Fsp3) is 0.0769. The molecule has 0 saturated heterocycles. The molecule has 0 fully saturated rings. The smallest absolute Gasteiger partial charge is 0.265 e. The zero-order valence-corrected chi connectivity index (χ0v) is 18.0. The van der Waals surface area contributed by atoms with Gasteiger partial charge >= 0.3 is 0 Å². The van der Waals surface area contributed by atoms with Gasteiger partial charge in [-0.1, -0.05) is 30.3 Å². The van der Waals surface area contributed by atoms with E-state index in [4.69, 9.17) is 15.6 Å². The van der Waals surface area contributed by atoms with E-state index in [-0.39, 0.29) is 4.59 Å². The number of ether oxygens (including phenoxy) is 1. The molecule has 0 amide bonds. The topological polar surface area (TPSA) is 63.2 Å². The normalized spacial score (nSPS) is 19.0. The molecule has 0 bridgehead atoms. The van der Waals surface area contributed by atoms with Crippen molar-refractivity contribution in [2.45, 2.75) is 0 Å². The molecule has 2 aliphatic heterocycles. The molecule has 32 heavy (non-hydrogen) atoms. The van der Waals surface area contributed by atoms with Gasteiger partial charge in [0.15, 0.2) is 0 Å². The van der Waals surface area contributed by atoms with Gasteiger partial charge in [-0.2, -0.15) is 10.8 Å². The Labute approximate surface area is 187 Å². The van der Waals surface area contributed by atoms with Crippen LogP contribution in [-0.4, -0.2) is 30.7 Å². The number of hydrogen-bond acceptors (Lipinski definition) is 5. The van der Waals surface area contributed by atoms with Crippen molar-refractivity contribution >= 4 is 23.4 Å². The summed E-state index contributed by atoms with van der Waals surface area (Å²) in [6.07, 6.45) is 5.35. The lowest BCUT2D eigenvalue weighted by atomic mass is 10.1. The van der Waals surface area contributed by atoms with E-state index in [2.05, 4.69) is 34.2 Å². The van der Waals surface area contributed by atoms with Crippen molar-refractivity contribution < 1.29 is 9.33 Å². The Morgan fingerprint density at radius 2 is 1.47 bits per heavy atom. The van der Waals surface area contributed by atoms with Gasteiger partial charge in [-0.05, 0) is 48.5 Å². The molecule has 1 atom stereocenters. The molecule has 158 valence electrons. The number of allylic oxidation sites excluding steroid dienone is 1. The van der Waals surface area contributed by atoms with Gasteiger partial charge in [-0.25, -0.2) is 0 Å². The molecule has 3 aromatic rings. The molecule has 6 heteroatoms. The number of fused-ring (bicyclic) bond motifs is 1. The maximum atomic E-state index is 6.84. The zero-order chi connectivity index (χ0) is 22.1. The monoisotopic (exact) mass is 422 g/mol. The predicted octanol–water partition coefficient (Wildman–Crippen LogP) is 4.92. The first-order valence-electron chi connectivity index (χ1n) is 10.4. The Bertz CT molecular complexity index is 1260. The SMILES string of the molecule is CN(C)c1ccc(C2=C3C=NC=C[N+]3(N)C(c3ccc(Oc4ccccc4)cc3)=N2)cc1. The molecule has 0 spiro atoms. The third-order valence-electron chi connectivity index (χ3n) is 5.54. The van der Waals surface area contributed by atoms with Crippen LogP contribution in [0, 0.1) is 0 Å². The maximum Gasteiger partial charge on any atom is 0.265 e. The van der Waals surface area contributed by atoms with Gasteiger partial charge in [-0.3, -0.25) is 4.99 Å². The Morgan fingerprint density at radius 3 is 2.16 bits per heavy atom. The van der Waals surface area contributed by atoms with E-state index < -0.39 is 0 Å². The lowest BCUT2D eigenvalue weighted by Gasteiger charge is -2.26. The molecule has 0 aliphatic carbocycles. The van der Waals surface area contributed by atoms with Gasteiger partial charge in [0.1, 0.15) is 23.4 Å². The first kappa shape index (κ1) is 19.9. The van der Waals surface area contributed by atoms with Gasteiger partial charge in [0.05, 0.1) is 18.0 Å². The molecule has 0 saturated carbocycles. The zero-order valence-electron chi connectivity index (χ0n) is 18.0. The highest BCUT2D eigenvalue weighted by molar-refractivity contribution is 6.06. The third-order valence-corrected chi connectivity index (χ3v) is 5.54. The summed E-state index contributed by atoms with van der Waals surface area (Å²) in [7, 11) is 4.04. The van der Waals surface area contributed by atoms with E-state index in [9.17, 15) is 0 Å². The van der Waals surface area contributed by atoms with Crippen molar-refractivity contribution in [3.05, 3.63) is 108 Å². The second-order valence-corrected chi connectivity index (χ2v) is 7.90. The molecule has 1 unspecified atom stereocenters. The summed E-state index contributed by atoms with van der Waals surface area (Å²) in [4.78, 5) is 11.4. The first-order valence-corrected chi connectivity index (χ1v) is 10.4. The standard InChI is InChI=1S/C26H24N5O/c1-30(2)21-12-8-19(9-13-21)25-24-18-28-16-17-31(24,27)26(29-25)20-10-14-23(15-11-20)32-22-6-4-3-5-7-22/h3-18H,27H2,1-2H3/q+1. The Hall–Kier alpha value is -4.00. The average Bonchev–Trinajstić information content (AvgIpc) is 3.13. The molecular weight excluding hydrogens is 398 g/mol. The summed E-state index contributed by atoms with van der Waals surface area (Å²) in [6.45, 7) is 0. The highest BCUT2D eigenvalue weighted by Gasteiger charge is 2.44. The molecule has 0 radical (unpaired) electrons. The minimum absolute atomic E-state index is 0.0207. The lowest BCUT2D eigenvalue weighted by Crippen LogP contribution is -2.53. The van der Waals surface area contributed by atoms with Crippen LogP contribution in [0.25, 0.3) is 5.70 Å². The number of benzene rings is 3. The van der Waals surface area contributed by atoms with Gasteiger partial charge in [0.2, 0.25) is 5.70 Å². The molecule has 6 nitrogen and oxygen atoms in total. The number of quaternary nitrogens is 1. The van der Waals surface area contributed by atoms with E-state index in [1.54, 1.807) is 12.4 Å². The second-order valence-electron chi connectivity index (χ2n) is 7.90. The Morgan fingerprint density at radius 1 is 0.812 bits per heavy atom. The van der Waals surface area contributed by atoms with Gasteiger partial charge in [0.25, 0.3) is 5.84 Å². The van der Waals surface area contributed by atoms with Crippen molar-refractivity contribution in [2.75, 3.05) is 19.0 Å². The van der Waals surface area contributed by atoms with Crippen molar-refractivity contribution in [1.82, 2.24) is 0 Å². The molecule has 5 rings (SSSR count). The number of anilines is 1. The van der Waals surface area contributed by atoms with Gasteiger partial charge in [0, 0.05) is 25.3 Å². The molecular formula is C26H24N5O+. The average molecular weight is 423 g/mol. The van der Waals surface area contributed by atoms with Crippen molar-refractivity contribution in [3.8, 4) is 11.5 Å². The van der Waals surface area contributed by atoms with E-state index >= 15 is 0 Å². The molecule has 0 aromatic heterocycles. The summed E-state index contributed by atoms with van der Waals surface area (Å²) in [5.41, 5.74) is 4.71. The van der Waals surface area contributed by atoms with E-state index in [0.717, 1.165) is 45.5 Å². The number of amidine groups is 1. The fourth-order valence-electron chi connectivity index (χ4n) is 3.80. The molecule has 3 aromatic carbocycles. The fourth-order valence-corrected chi connectivity index (χ4v) is 3.80. The highest BCUT2D eigenvalue weighted by atomic mass is 16.5. The first-order chi connectivity index (χ1) is 15.5. The van der Waals surface area contributed by atoms with Crippen molar-refractivity contribution in [3.63, 3.8) is 0 Å². The molecule has 2 aliphatic rings. The van der Waals surface area contributed by atoms with Crippen molar-refractivity contribution in [2.24, 2.45) is 15.8 Å². The van der Waals surface area contributed by atoms with Crippen LogP contribution in [-0.2, 0) is 0 Å². The van der Waals surface area contributed by atoms with Crippen LogP contribution in [0.15, 0.2) is 107 Å². The van der Waals surface area contributed by atoms with Crippen LogP contribution in [0.5, 0.6) is 11.5 Å². The van der Waals surface area contributed by atoms with Crippen LogP contribution in [0.4, 0.5) is 5.69 Å². The van der Waals surface area contributed by atoms with Gasteiger partial charge < -0.3 is 9.64 Å². The van der Waals surface area contributed by atoms with Crippen molar-refractivity contribution in [1.29, 1.82) is 0 Å². The number of rotatable bonds is 5. The maximum absolute atomic E-state index is 6.84. The second kappa shape index (κ2) is 7.92. The molecule has 2 N–H and O–H groups in total. The van der Waals surface area contributed by atoms with Crippen LogP contribution in [0.1, 0.15) is 11.1 Å². The van der Waals surface area contributed by atoms with Gasteiger partial charge in [-0.15, -0.1) is 4.59 Å². The van der Waals surface area contributed by atoms with E-state index in [1.165, 1.54) is 0 Å². The largest absolute Gasteiger partial charge is 0.457 e. The van der Waals surface area contributed by atoms with Crippen LogP contribution >= 0.6 is 0 Å². The minimum atomic E-state index is -0.0207. The Balaban J connectivity index is 1.49. The Kier molecular flexibility index (Phi) is 4.93. The predicted molar refractivity (Wildman–Crippen MR) is 129 cm³/mol. The summed E-state index contributed by atoms with van der Waals surface area (Å²) in [5, 5.41) is 0. The minimum Gasteiger partial charge on any atom is -0.457 e. The van der Waals surface area contributed by atoms with Crippen LogP contribution < -0.4 is 15.5 Å². The highest BCUT2D eigenvalue weighted by Crippen LogP contribution is 2.36. The number of nitrogens with zero attached hydrogens (tertiary/aromatic N) is 4. The summed E-state index contributed by atoms with van der Waals surface area (Å²) >= 11 is 0. The van der Waals surface area contributed by atoms with Crippen LogP contribution in [0.2, 0.25) is 0 Å². The lowest BCUT2D eigenvalue weighted by molar-refractivity contribution is -0.749. The quantitative estimate of drug-likeness (QED) is 0.469. The summed E-state index contributed by atoms with van der Waals surface area (Å²) in [5.74, 6) is 9.13. The summed E-state index contributed by atoms with van der Waals surface area (Å²) in [6, 6.07) is 25.8. The number of nitrogens with two attached hydrogens (primary N) is 1. The van der Waals surface area contributed by atoms with E-state index in [1.807, 2.05) is 74.9 Å². The third kappa shape index (κ3) is 3.51. The van der Waals surface area contributed by atoms with E-state index in [0.29, 0.717) is 0 Å². The number of aliphatic imine (C=N–C) groups is 2. The van der Waals surface area contributed by atoms with Crippen LogP contribution in [0.3, 0.4) is 0 Å². The molecule has 2 heterocycles. The summed E-state index contributed by atoms with van der Waals surface area (Å²) < 4.78 is 5.90. The number of para-hydroxylation sites is 1. The number of hydrogen-bond donors (Lipinski definition) is 1.